The Labute approximate surface area is 223 Å². The summed E-state index contributed by atoms with van der Waals surface area (Å²) in [4.78, 5) is 28.8. The Kier molecular flexibility index (Phi) is 7.16. The largest absolute Gasteiger partial charge is 0.487 e. The van der Waals surface area contributed by atoms with Crippen molar-refractivity contribution in [3.63, 3.8) is 0 Å². The van der Waals surface area contributed by atoms with Gasteiger partial charge in [-0.05, 0) is 30.7 Å². The Bertz CT molecular complexity index is 1680. The molecule has 0 bridgehead atoms. The summed E-state index contributed by atoms with van der Waals surface area (Å²) in [5, 5.41) is 2.74. The lowest BCUT2D eigenvalue weighted by molar-refractivity contribution is 0.136. The van der Waals surface area contributed by atoms with Crippen LogP contribution < -0.4 is 14.8 Å². The molecule has 5 rings (SSSR count). The number of ether oxygens (including phenoxy) is 3. The van der Waals surface area contributed by atoms with Gasteiger partial charge in [-0.25, -0.2) is 29.1 Å². The molecule has 5 aromatic rings. The van der Waals surface area contributed by atoms with E-state index in [1.54, 1.807) is 0 Å². The number of nitrogens with zero attached hydrogens (tertiary/aromatic N) is 4. The lowest BCUT2D eigenvalue weighted by Gasteiger charge is -2.10. The molecule has 0 spiro atoms. The van der Waals surface area contributed by atoms with Gasteiger partial charge in [-0.2, -0.15) is 4.39 Å². The van der Waals surface area contributed by atoms with E-state index in [0.29, 0.717) is 26.6 Å². The van der Waals surface area contributed by atoms with Crippen molar-refractivity contribution in [3.8, 4) is 22.2 Å². The maximum Gasteiger partial charge on any atom is 0.411 e. The smallest absolute Gasteiger partial charge is 0.411 e. The molecule has 38 heavy (non-hydrogen) atoms. The van der Waals surface area contributed by atoms with Crippen LogP contribution >= 0.6 is 22.9 Å². The van der Waals surface area contributed by atoms with Gasteiger partial charge in [-0.1, -0.05) is 11.6 Å². The fourth-order valence-electron chi connectivity index (χ4n) is 3.63. The number of carbonyl (C=O) groups excluding carboxylic acids is 1. The molecule has 0 saturated carbocycles. The van der Waals surface area contributed by atoms with Crippen molar-refractivity contribution < 1.29 is 27.8 Å². The van der Waals surface area contributed by atoms with Crippen molar-refractivity contribution >= 4 is 56.0 Å². The highest BCUT2D eigenvalue weighted by atomic mass is 35.5. The van der Waals surface area contributed by atoms with Crippen LogP contribution in [0.1, 0.15) is 5.56 Å². The topological polar surface area (TPSA) is 108 Å². The highest BCUT2D eigenvalue weighted by molar-refractivity contribution is 7.21. The zero-order valence-corrected chi connectivity index (χ0v) is 21.5. The number of anilines is 1. The molecule has 0 aliphatic rings. The molecule has 0 fully saturated rings. The van der Waals surface area contributed by atoms with E-state index in [1.807, 2.05) is 19.1 Å². The highest BCUT2D eigenvalue weighted by Crippen LogP contribution is 2.40. The number of aromatic nitrogens is 4. The number of hydrogen-bond donors (Lipinski definition) is 1. The molecule has 9 nitrogen and oxygen atoms in total. The van der Waals surface area contributed by atoms with Crippen LogP contribution in [-0.2, 0) is 4.74 Å². The monoisotopic (exact) mass is 557 g/mol. The van der Waals surface area contributed by atoms with Crippen molar-refractivity contribution in [2.24, 2.45) is 0 Å². The summed E-state index contributed by atoms with van der Waals surface area (Å²) in [7, 11) is 1.52. The molecule has 3 aromatic heterocycles. The number of rotatable bonds is 7. The predicted octanol–water partition coefficient (Wildman–Crippen LogP) is 6.18. The molecule has 0 saturated heterocycles. The van der Waals surface area contributed by atoms with Crippen LogP contribution in [0.15, 0.2) is 42.7 Å². The van der Waals surface area contributed by atoms with E-state index in [4.69, 9.17) is 25.8 Å². The summed E-state index contributed by atoms with van der Waals surface area (Å²) in [5.74, 6) is -1.26. The fraction of sp³-hybridized carbons (Fsp3) is 0.160. The van der Waals surface area contributed by atoms with Gasteiger partial charge in [0, 0.05) is 23.9 Å². The summed E-state index contributed by atoms with van der Waals surface area (Å²) in [6.07, 6.45) is 1.89. The maximum absolute atomic E-state index is 15.0. The Hall–Kier alpha value is -4.16. The summed E-state index contributed by atoms with van der Waals surface area (Å²) >= 11 is 7.60. The number of halogens is 3. The number of fused-ring (bicyclic) bond motifs is 2. The van der Waals surface area contributed by atoms with Crippen LogP contribution in [0.4, 0.5) is 19.3 Å². The van der Waals surface area contributed by atoms with Gasteiger partial charge in [0.05, 0.1) is 34.7 Å². The molecule has 0 atom stereocenters. The van der Waals surface area contributed by atoms with Crippen molar-refractivity contribution in [2.75, 3.05) is 25.6 Å². The first kappa shape index (κ1) is 25.5. The van der Waals surface area contributed by atoms with Gasteiger partial charge in [-0.3, -0.25) is 5.32 Å². The lowest BCUT2D eigenvalue weighted by Crippen LogP contribution is -2.18. The molecule has 0 aliphatic carbocycles. The summed E-state index contributed by atoms with van der Waals surface area (Å²) in [5.41, 5.74) is 3.39. The van der Waals surface area contributed by atoms with Gasteiger partial charge in [0.2, 0.25) is 11.8 Å². The quantitative estimate of drug-likeness (QED) is 0.187. The van der Waals surface area contributed by atoms with Crippen LogP contribution in [0.3, 0.4) is 0 Å². The predicted molar refractivity (Wildman–Crippen MR) is 139 cm³/mol. The number of amides is 1. The van der Waals surface area contributed by atoms with Gasteiger partial charge in [0.25, 0.3) is 0 Å². The fourth-order valence-corrected chi connectivity index (χ4v) is 4.95. The van der Waals surface area contributed by atoms with Crippen molar-refractivity contribution in [3.05, 3.63) is 65.1 Å². The van der Waals surface area contributed by atoms with E-state index < -0.39 is 17.9 Å². The van der Waals surface area contributed by atoms with Crippen molar-refractivity contribution in [1.82, 2.24) is 19.9 Å². The third kappa shape index (κ3) is 5.27. The molecule has 0 unspecified atom stereocenters. The van der Waals surface area contributed by atoms with Gasteiger partial charge in [-0.15, -0.1) is 11.3 Å². The van der Waals surface area contributed by atoms with Crippen LogP contribution in [0, 0.1) is 18.7 Å². The van der Waals surface area contributed by atoms with Crippen LogP contribution in [0.25, 0.3) is 31.8 Å². The molecule has 0 aliphatic heterocycles. The third-order valence-corrected chi connectivity index (χ3v) is 6.67. The number of methoxy groups -OCH3 is 1. The Morgan fingerprint density at radius 1 is 1.11 bits per heavy atom. The SMILES string of the molecule is COc1cnc2c(-c3nc4c(Cl)c(F)c(OCCOC(=O)Nc5ccnc(F)c5)cc4s3)cc(C)cc2n1. The number of pyridine rings is 1. The van der Waals surface area contributed by atoms with Gasteiger partial charge in [0.1, 0.15) is 28.8 Å². The van der Waals surface area contributed by atoms with E-state index in [-0.39, 0.29) is 35.2 Å². The van der Waals surface area contributed by atoms with Gasteiger partial charge in [0.15, 0.2) is 11.6 Å². The van der Waals surface area contributed by atoms with Crippen LogP contribution in [-0.4, -0.2) is 46.4 Å². The first-order valence-electron chi connectivity index (χ1n) is 11.1. The molecular weight excluding hydrogens is 540 g/mol. The highest BCUT2D eigenvalue weighted by Gasteiger charge is 2.20. The van der Waals surface area contributed by atoms with E-state index in [2.05, 4.69) is 25.3 Å². The molecule has 3 heterocycles. The molecule has 13 heteroatoms. The van der Waals surface area contributed by atoms with E-state index >= 15 is 0 Å². The zero-order chi connectivity index (χ0) is 26.8. The molecule has 194 valence electrons. The average Bonchev–Trinajstić information content (AvgIpc) is 3.32. The maximum atomic E-state index is 15.0. The molecule has 1 N–H and O–H groups in total. The molecule has 1 amide bonds. The lowest BCUT2D eigenvalue weighted by atomic mass is 10.1. The van der Waals surface area contributed by atoms with Gasteiger partial charge >= 0.3 is 6.09 Å². The minimum atomic E-state index is -0.827. The second-order valence-electron chi connectivity index (χ2n) is 7.94. The number of thiazole rings is 1. The summed E-state index contributed by atoms with van der Waals surface area (Å²) in [6.45, 7) is 1.58. The average molecular weight is 558 g/mol. The van der Waals surface area contributed by atoms with Crippen LogP contribution in [0.2, 0.25) is 5.02 Å². The summed E-state index contributed by atoms with van der Waals surface area (Å²) in [6, 6.07) is 7.74. The third-order valence-electron chi connectivity index (χ3n) is 5.29. The van der Waals surface area contributed by atoms with E-state index in [1.165, 1.54) is 43.0 Å². The summed E-state index contributed by atoms with van der Waals surface area (Å²) < 4.78 is 44.3. The standard InChI is InChI=1S/C25H18ClF2N5O4S/c1-12-7-14(22-15(8-12)32-19(35-2)11-30-22)24-33-23-17(38-24)10-16(21(28)20(23)26)36-5-6-37-25(34)31-13-3-4-29-18(27)9-13/h3-4,7-11H,5-6H2,1-2H3,(H,29,31,34). The molecular formula is C25H18ClF2N5O4S. The normalized spacial score (nSPS) is 11.1. The zero-order valence-electron chi connectivity index (χ0n) is 19.9. The van der Waals surface area contributed by atoms with Crippen LogP contribution in [0.5, 0.6) is 11.6 Å². The second kappa shape index (κ2) is 10.7. The first-order chi connectivity index (χ1) is 18.3. The number of nitrogens with one attached hydrogen (secondary N) is 1. The van der Waals surface area contributed by atoms with E-state index in [9.17, 15) is 13.6 Å². The number of aryl methyl sites for hydroxylation is 1. The minimum Gasteiger partial charge on any atom is -0.487 e. The number of carbonyl (C=O) groups is 1. The Morgan fingerprint density at radius 2 is 1.95 bits per heavy atom. The number of benzene rings is 2. The van der Waals surface area contributed by atoms with Gasteiger partial charge < -0.3 is 14.2 Å². The van der Waals surface area contributed by atoms with Crippen molar-refractivity contribution in [2.45, 2.75) is 6.92 Å². The Morgan fingerprint density at radius 3 is 2.74 bits per heavy atom. The second-order valence-corrected chi connectivity index (χ2v) is 9.35. The number of hydrogen-bond acceptors (Lipinski definition) is 9. The molecule has 0 radical (unpaired) electrons. The minimum absolute atomic E-state index is 0.114. The van der Waals surface area contributed by atoms with E-state index in [0.717, 1.165) is 17.2 Å². The van der Waals surface area contributed by atoms with Crippen molar-refractivity contribution in [1.29, 1.82) is 0 Å². The Balaban J connectivity index is 1.33. The molecule has 2 aromatic carbocycles. The first-order valence-corrected chi connectivity index (χ1v) is 12.3.